The Morgan fingerprint density at radius 1 is 0.563 bits per heavy atom. The lowest BCUT2D eigenvalue weighted by atomic mass is 10.1. The van der Waals surface area contributed by atoms with E-state index in [0.717, 1.165) is 81.9 Å². The van der Waals surface area contributed by atoms with Gasteiger partial charge in [0.2, 0.25) is 5.28 Å². The molecule has 4 aromatic heterocycles. The first-order valence-electron chi connectivity index (χ1n) is 23.7. The second-order valence-corrected chi connectivity index (χ2v) is 18.5. The quantitative estimate of drug-likeness (QED) is 0.103. The van der Waals surface area contributed by atoms with Gasteiger partial charge in [-0.3, -0.25) is 4.98 Å². The molecular weight excluding hydrogens is 942 g/mol. The first kappa shape index (κ1) is 50.8. The Morgan fingerprint density at radius 2 is 1.06 bits per heavy atom. The lowest BCUT2D eigenvalue weighted by molar-refractivity contribution is 0.122. The zero-order chi connectivity index (χ0) is 50.0. The maximum absolute atomic E-state index is 15.0. The number of fused-ring (bicyclic) bond motifs is 2. The molecule has 4 aliphatic heterocycles. The van der Waals surface area contributed by atoms with Crippen LogP contribution in [0.3, 0.4) is 0 Å². The van der Waals surface area contributed by atoms with Gasteiger partial charge >= 0.3 is 0 Å². The van der Waals surface area contributed by atoms with E-state index in [0.29, 0.717) is 91.9 Å². The second kappa shape index (κ2) is 23.6. The third-order valence-electron chi connectivity index (χ3n) is 11.8. The van der Waals surface area contributed by atoms with Crippen LogP contribution in [0.1, 0.15) is 39.2 Å². The van der Waals surface area contributed by atoms with Crippen LogP contribution in [0.25, 0.3) is 22.5 Å². The van der Waals surface area contributed by atoms with E-state index in [9.17, 15) is 17.6 Å². The number of hydrogen-bond donors (Lipinski definition) is 1. The highest BCUT2D eigenvalue weighted by Gasteiger charge is 2.27. The molecule has 0 bridgehead atoms. The lowest BCUT2D eigenvalue weighted by Crippen LogP contribution is -2.36. The summed E-state index contributed by atoms with van der Waals surface area (Å²) in [5, 5.41) is -0.0881. The second-order valence-electron chi connectivity index (χ2n) is 18.1. The van der Waals surface area contributed by atoms with Gasteiger partial charge in [0, 0.05) is 56.1 Å². The molecule has 2 fully saturated rings. The van der Waals surface area contributed by atoms with Crippen molar-refractivity contribution in [1.29, 1.82) is 0 Å². The fourth-order valence-corrected chi connectivity index (χ4v) is 8.67. The van der Waals surface area contributed by atoms with Crippen LogP contribution < -0.4 is 34.8 Å². The Kier molecular flexibility index (Phi) is 16.9. The van der Waals surface area contributed by atoms with Gasteiger partial charge in [-0.2, -0.15) is 0 Å². The summed E-state index contributed by atoms with van der Waals surface area (Å²) < 4.78 is 79.8. The lowest BCUT2D eigenvalue weighted by Gasteiger charge is -2.33. The van der Waals surface area contributed by atoms with E-state index < -0.39 is 23.3 Å². The highest BCUT2D eigenvalue weighted by atomic mass is 35.5. The summed E-state index contributed by atoms with van der Waals surface area (Å²) in [6, 6.07) is 13.7. The Balaban J connectivity index is 0.000000160. The number of pyridine rings is 2. The molecule has 0 aliphatic carbocycles. The van der Waals surface area contributed by atoms with E-state index in [1.165, 1.54) is 12.1 Å². The molecule has 8 heterocycles. The van der Waals surface area contributed by atoms with Gasteiger partial charge in [0.25, 0.3) is 0 Å². The summed E-state index contributed by atoms with van der Waals surface area (Å²) >= 11 is 5.73. The maximum Gasteiger partial charge on any atom is 0.223 e. The predicted molar refractivity (Wildman–Crippen MR) is 267 cm³/mol. The van der Waals surface area contributed by atoms with Crippen LogP contribution >= 0.6 is 11.6 Å². The first-order chi connectivity index (χ1) is 34.3. The molecule has 20 heteroatoms. The van der Waals surface area contributed by atoms with Crippen molar-refractivity contribution in [2.45, 2.75) is 34.1 Å². The molecular formula is C51H58ClF4N11O4. The third-order valence-corrected chi connectivity index (χ3v) is 12.0. The van der Waals surface area contributed by atoms with Crippen LogP contribution in [0.2, 0.25) is 5.28 Å². The molecule has 0 unspecified atom stereocenters. The molecule has 15 nitrogen and oxygen atoms in total. The van der Waals surface area contributed by atoms with Crippen LogP contribution in [-0.2, 0) is 15.9 Å². The molecule has 4 aliphatic rings. The van der Waals surface area contributed by atoms with Gasteiger partial charge in [0.1, 0.15) is 36.2 Å². The molecule has 0 saturated carbocycles. The predicted octanol–water partition coefficient (Wildman–Crippen LogP) is 8.53. The molecule has 2 N–H and O–H groups in total. The van der Waals surface area contributed by atoms with Crippen molar-refractivity contribution in [2.75, 3.05) is 117 Å². The van der Waals surface area contributed by atoms with Crippen molar-refractivity contribution >= 4 is 40.2 Å². The standard InChI is InChI=1S/C26H29F2N5O2.C16H16ClF2N3O.C9H13N3O/c1-17(2)16-33-7-10-35-26-21(27)11-18(12-23(26)33)25-22(28)15-30-24(31-25)13-19-3-4-20(14-29-19)32-5-8-34-9-6-32;1-9(2)8-22-3-4-23-15-11(18)5-10(6-13(15)22)14-12(19)7-20-16(17)21-14;10-9-2-1-8(7-11-9)12-3-5-13-6-4-12/h3-4,11-12,14-15,17H,5-10,13,16H2,1-2H3;5-7,9H,3-4,8H2,1-2H3;1-2,7H,3-6H2,(H2,10,11). The average Bonchev–Trinajstić information content (AvgIpc) is 3.37. The summed E-state index contributed by atoms with van der Waals surface area (Å²) in [5.74, 6) is -0.141. The van der Waals surface area contributed by atoms with E-state index >= 15 is 0 Å². The monoisotopic (exact) mass is 999 g/mol. The summed E-state index contributed by atoms with van der Waals surface area (Å²) in [7, 11) is 0. The van der Waals surface area contributed by atoms with Crippen molar-refractivity contribution < 1.29 is 36.5 Å². The molecule has 2 saturated heterocycles. The molecule has 71 heavy (non-hydrogen) atoms. The Hall–Kier alpha value is -6.57. The smallest absolute Gasteiger partial charge is 0.223 e. The zero-order valence-electron chi connectivity index (χ0n) is 40.3. The van der Waals surface area contributed by atoms with E-state index in [1.54, 1.807) is 18.3 Å². The fourth-order valence-electron chi connectivity index (χ4n) is 8.54. The molecule has 0 atom stereocenters. The Bertz CT molecular complexity index is 2730. The van der Waals surface area contributed by atoms with Crippen LogP contribution in [0.15, 0.2) is 73.3 Å². The number of aromatic nitrogens is 6. The summed E-state index contributed by atoms with van der Waals surface area (Å²) in [6.45, 7) is 18.6. The number of hydrogen-bond acceptors (Lipinski definition) is 15. The van der Waals surface area contributed by atoms with Gasteiger partial charge in [-0.05, 0) is 72.0 Å². The van der Waals surface area contributed by atoms with Crippen LogP contribution in [-0.4, -0.2) is 122 Å². The van der Waals surface area contributed by atoms with E-state index in [4.69, 9.17) is 36.3 Å². The number of ether oxygens (including phenoxy) is 4. The normalized spacial score (nSPS) is 15.5. The number of nitrogens with zero attached hydrogens (tertiary/aromatic N) is 10. The molecule has 10 rings (SSSR count). The molecule has 0 spiro atoms. The topological polar surface area (TPSA) is 153 Å². The third kappa shape index (κ3) is 13.1. The zero-order valence-corrected chi connectivity index (χ0v) is 41.0. The highest BCUT2D eigenvalue weighted by molar-refractivity contribution is 6.28. The van der Waals surface area contributed by atoms with Crippen LogP contribution in [0, 0.1) is 35.1 Å². The van der Waals surface area contributed by atoms with E-state index in [2.05, 4.69) is 72.3 Å². The molecule has 0 radical (unpaired) electrons. The molecule has 0 amide bonds. The summed E-state index contributed by atoms with van der Waals surface area (Å²) in [5.41, 5.74) is 10.4. The fraction of sp³-hybridized carbons (Fsp3) is 0.412. The van der Waals surface area contributed by atoms with Crippen molar-refractivity contribution in [3.05, 3.63) is 113 Å². The highest BCUT2D eigenvalue weighted by Crippen LogP contribution is 2.40. The SMILES string of the molecule is CC(C)CN1CCOc2c(F)cc(-c3nc(Cc4ccc(N5CCOCC5)cn4)ncc3F)cc21.CC(C)CN1CCOc2c(F)cc(-c3nc(Cl)ncc3F)cc21.Nc1ccc(N2CCOCC2)cn1. The van der Waals surface area contributed by atoms with Gasteiger partial charge in [0.05, 0.1) is 93.5 Å². The van der Waals surface area contributed by atoms with E-state index in [-0.39, 0.29) is 28.2 Å². The minimum atomic E-state index is -0.652. The van der Waals surface area contributed by atoms with Gasteiger partial charge in [-0.25, -0.2) is 42.5 Å². The summed E-state index contributed by atoms with van der Waals surface area (Å²) in [6.07, 6.45) is 6.09. The molecule has 6 aromatic rings. The Morgan fingerprint density at radius 3 is 1.54 bits per heavy atom. The number of rotatable bonds is 10. The van der Waals surface area contributed by atoms with Crippen molar-refractivity contribution in [3.63, 3.8) is 0 Å². The molecule has 376 valence electrons. The first-order valence-corrected chi connectivity index (χ1v) is 24.1. The largest absolute Gasteiger partial charge is 0.486 e. The average molecular weight is 1000 g/mol. The van der Waals surface area contributed by atoms with Crippen LogP contribution in [0.5, 0.6) is 11.5 Å². The number of benzene rings is 2. The number of morpholine rings is 2. The number of nitrogen functional groups attached to an aromatic ring is 1. The van der Waals surface area contributed by atoms with Gasteiger partial charge in [0.15, 0.2) is 34.8 Å². The van der Waals surface area contributed by atoms with Crippen molar-refractivity contribution in [3.8, 4) is 34.0 Å². The van der Waals surface area contributed by atoms with Gasteiger partial charge < -0.3 is 44.3 Å². The Labute approximate surface area is 415 Å². The molecule has 2 aromatic carbocycles. The number of anilines is 5. The van der Waals surface area contributed by atoms with Crippen LogP contribution in [0.4, 0.5) is 46.1 Å². The minimum absolute atomic E-state index is 0.0261. The maximum atomic E-state index is 15.0. The van der Waals surface area contributed by atoms with Crippen molar-refractivity contribution in [2.24, 2.45) is 11.8 Å². The van der Waals surface area contributed by atoms with Gasteiger partial charge in [-0.1, -0.05) is 27.7 Å². The summed E-state index contributed by atoms with van der Waals surface area (Å²) in [4.78, 5) is 33.2. The van der Waals surface area contributed by atoms with Crippen molar-refractivity contribution in [1.82, 2.24) is 29.9 Å². The van der Waals surface area contributed by atoms with E-state index in [1.807, 2.05) is 35.4 Å². The number of halogens is 5. The number of nitrogens with two attached hydrogens (primary N) is 1. The minimum Gasteiger partial charge on any atom is -0.486 e. The van der Waals surface area contributed by atoms with Gasteiger partial charge in [-0.15, -0.1) is 0 Å².